The molecule has 1 saturated carbocycles. The number of rotatable bonds is 2. The SMILES string of the molecule is CC(C)C1CCC(C#N)(C2(O)CCS(=O)(=O)C2)CC1. The van der Waals surface area contributed by atoms with Gasteiger partial charge in [0, 0.05) is 0 Å². The Morgan fingerprint density at radius 3 is 2.21 bits per heavy atom. The topological polar surface area (TPSA) is 78.2 Å². The summed E-state index contributed by atoms with van der Waals surface area (Å²) in [5, 5.41) is 20.3. The quantitative estimate of drug-likeness (QED) is 0.840. The summed E-state index contributed by atoms with van der Waals surface area (Å²) in [5.41, 5.74) is -2.19. The second kappa shape index (κ2) is 4.75. The Kier molecular flexibility index (Phi) is 3.70. The molecule has 1 saturated heterocycles. The average Bonchev–Trinajstić information content (AvgIpc) is 2.65. The van der Waals surface area contributed by atoms with Gasteiger partial charge in [0.15, 0.2) is 9.84 Å². The van der Waals surface area contributed by atoms with E-state index in [2.05, 4.69) is 19.9 Å². The van der Waals surface area contributed by atoms with Crippen LogP contribution in [0.5, 0.6) is 0 Å². The maximum Gasteiger partial charge on any atom is 0.153 e. The summed E-state index contributed by atoms with van der Waals surface area (Å²) in [6, 6.07) is 2.28. The number of nitriles is 1. The number of sulfone groups is 1. The molecular formula is C14H23NO3S. The predicted octanol–water partition coefficient (Wildman–Crippen LogP) is 1.89. The molecule has 0 aromatic heterocycles. The third-order valence-corrected chi connectivity index (χ3v) is 6.96. The van der Waals surface area contributed by atoms with Crippen molar-refractivity contribution in [2.45, 2.75) is 51.6 Å². The fraction of sp³-hybridized carbons (Fsp3) is 0.929. The first-order chi connectivity index (χ1) is 8.74. The molecular weight excluding hydrogens is 262 g/mol. The molecule has 0 aromatic rings. The molecule has 108 valence electrons. The highest BCUT2D eigenvalue weighted by atomic mass is 32.2. The Hall–Kier alpha value is -0.600. The Bertz CT molecular complexity index is 483. The lowest BCUT2D eigenvalue weighted by Crippen LogP contribution is -2.50. The van der Waals surface area contributed by atoms with Crippen LogP contribution in [0.2, 0.25) is 0 Å². The van der Waals surface area contributed by atoms with Gasteiger partial charge in [-0.15, -0.1) is 0 Å². The summed E-state index contributed by atoms with van der Waals surface area (Å²) < 4.78 is 23.3. The molecule has 1 N–H and O–H groups in total. The highest BCUT2D eigenvalue weighted by Gasteiger charge is 2.57. The van der Waals surface area contributed by atoms with Gasteiger partial charge in [-0.05, 0) is 43.9 Å². The standard InChI is InChI=1S/C14H23NO3S/c1-11(2)12-3-5-13(9-15,6-4-12)14(16)7-8-19(17,18)10-14/h11-12,16H,3-8,10H2,1-2H3. The molecule has 1 heterocycles. The minimum absolute atomic E-state index is 0.0144. The number of aliphatic hydroxyl groups is 1. The van der Waals surface area contributed by atoms with Crippen molar-refractivity contribution in [1.29, 1.82) is 5.26 Å². The third kappa shape index (κ3) is 2.53. The van der Waals surface area contributed by atoms with Crippen LogP contribution in [0.4, 0.5) is 0 Å². The number of nitrogens with zero attached hydrogens (tertiary/aromatic N) is 1. The first-order valence-electron chi connectivity index (χ1n) is 7.08. The monoisotopic (exact) mass is 285 g/mol. The van der Waals surface area contributed by atoms with E-state index < -0.39 is 20.9 Å². The van der Waals surface area contributed by atoms with E-state index in [0.29, 0.717) is 24.7 Å². The van der Waals surface area contributed by atoms with Gasteiger partial charge in [-0.3, -0.25) is 0 Å². The summed E-state index contributed by atoms with van der Waals surface area (Å²) in [6.45, 7) is 4.36. The minimum Gasteiger partial charge on any atom is -0.387 e. The van der Waals surface area contributed by atoms with Gasteiger partial charge < -0.3 is 5.11 Å². The largest absolute Gasteiger partial charge is 0.387 e. The molecule has 0 amide bonds. The lowest BCUT2D eigenvalue weighted by Gasteiger charge is -2.44. The molecule has 0 spiro atoms. The van der Waals surface area contributed by atoms with Gasteiger partial charge in [0.05, 0.1) is 28.6 Å². The highest BCUT2D eigenvalue weighted by molar-refractivity contribution is 7.91. The molecule has 2 aliphatic rings. The molecule has 1 atom stereocenters. The van der Waals surface area contributed by atoms with Crippen molar-refractivity contribution in [2.75, 3.05) is 11.5 Å². The molecule has 0 aromatic carbocycles. The molecule has 1 unspecified atom stereocenters. The summed E-state index contributed by atoms with van der Waals surface area (Å²) in [5.74, 6) is 0.946. The van der Waals surface area contributed by atoms with E-state index in [4.69, 9.17) is 0 Å². The predicted molar refractivity (Wildman–Crippen MR) is 73.1 cm³/mol. The van der Waals surface area contributed by atoms with Crippen molar-refractivity contribution < 1.29 is 13.5 Å². The lowest BCUT2D eigenvalue weighted by molar-refractivity contribution is -0.0601. The fourth-order valence-corrected chi connectivity index (χ4v) is 5.63. The van der Waals surface area contributed by atoms with Crippen LogP contribution in [-0.2, 0) is 9.84 Å². The van der Waals surface area contributed by atoms with Crippen LogP contribution in [0, 0.1) is 28.6 Å². The molecule has 5 heteroatoms. The number of hydrogen-bond acceptors (Lipinski definition) is 4. The van der Waals surface area contributed by atoms with Crippen LogP contribution in [0.3, 0.4) is 0 Å². The van der Waals surface area contributed by atoms with Gasteiger partial charge in [-0.25, -0.2) is 8.42 Å². The van der Waals surface area contributed by atoms with Crippen LogP contribution in [0.15, 0.2) is 0 Å². The van der Waals surface area contributed by atoms with Crippen LogP contribution < -0.4 is 0 Å². The highest BCUT2D eigenvalue weighted by Crippen LogP contribution is 2.51. The van der Waals surface area contributed by atoms with Crippen LogP contribution in [-0.4, -0.2) is 30.6 Å². The second-order valence-corrected chi connectivity index (χ2v) is 8.83. The van der Waals surface area contributed by atoms with Crippen LogP contribution in [0.25, 0.3) is 0 Å². The molecule has 1 aliphatic heterocycles. The summed E-state index contributed by atoms with van der Waals surface area (Å²) >= 11 is 0. The van der Waals surface area contributed by atoms with Crippen molar-refractivity contribution in [3.8, 4) is 6.07 Å². The first-order valence-corrected chi connectivity index (χ1v) is 8.90. The minimum atomic E-state index is -3.18. The zero-order chi connectivity index (χ0) is 14.3. The maximum absolute atomic E-state index is 11.7. The molecule has 4 nitrogen and oxygen atoms in total. The Morgan fingerprint density at radius 1 is 1.26 bits per heavy atom. The Morgan fingerprint density at radius 2 is 1.84 bits per heavy atom. The van der Waals surface area contributed by atoms with E-state index in [-0.39, 0.29) is 17.9 Å². The Labute approximate surface area is 115 Å². The van der Waals surface area contributed by atoms with Crippen molar-refractivity contribution in [3.05, 3.63) is 0 Å². The molecule has 2 fully saturated rings. The Balaban J connectivity index is 2.20. The first kappa shape index (κ1) is 14.8. The second-order valence-electron chi connectivity index (χ2n) is 6.65. The third-order valence-electron chi connectivity index (χ3n) is 5.22. The van der Waals surface area contributed by atoms with Crippen molar-refractivity contribution in [3.63, 3.8) is 0 Å². The van der Waals surface area contributed by atoms with Gasteiger partial charge in [0.1, 0.15) is 0 Å². The van der Waals surface area contributed by atoms with Crippen molar-refractivity contribution in [1.82, 2.24) is 0 Å². The van der Waals surface area contributed by atoms with Crippen LogP contribution in [0.1, 0.15) is 46.0 Å². The molecule has 0 bridgehead atoms. The van der Waals surface area contributed by atoms with E-state index in [0.717, 1.165) is 12.8 Å². The van der Waals surface area contributed by atoms with Gasteiger partial charge in [0.25, 0.3) is 0 Å². The van der Waals surface area contributed by atoms with Crippen molar-refractivity contribution in [2.24, 2.45) is 17.3 Å². The summed E-state index contributed by atoms with van der Waals surface area (Å²) in [4.78, 5) is 0. The summed E-state index contributed by atoms with van der Waals surface area (Å²) in [7, 11) is -3.18. The van der Waals surface area contributed by atoms with E-state index in [1.54, 1.807) is 0 Å². The zero-order valence-corrected chi connectivity index (χ0v) is 12.5. The zero-order valence-electron chi connectivity index (χ0n) is 11.7. The number of hydrogen-bond donors (Lipinski definition) is 1. The normalized spacial score (nSPS) is 42.2. The van der Waals surface area contributed by atoms with Gasteiger partial charge >= 0.3 is 0 Å². The maximum atomic E-state index is 11.7. The average molecular weight is 285 g/mol. The molecule has 2 rings (SSSR count). The molecule has 0 radical (unpaired) electrons. The van der Waals surface area contributed by atoms with E-state index in [9.17, 15) is 18.8 Å². The van der Waals surface area contributed by atoms with Crippen LogP contribution >= 0.6 is 0 Å². The smallest absolute Gasteiger partial charge is 0.153 e. The van der Waals surface area contributed by atoms with Gasteiger partial charge in [-0.2, -0.15) is 5.26 Å². The lowest BCUT2D eigenvalue weighted by atomic mass is 9.60. The fourth-order valence-electron chi connectivity index (χ4n) is 3.69. The molecule has 1 aliphatic carbocycles. The van der Waals surface area contributed by atoms with Crippen molar-refractivity contribution >= 4 is 9.84 Å². The van der Waals surface area contributed by atoms with Gasteiger partial charge in [0.2, 0.25) is 0 Å². The van der Waals surface area contributed by atoms with Gasteiger partial charge in [-0.1, -0.05) is 13.8 Å². The molecule has 19 heavy (non-hydrogen) atoms. The van der Waals surface area contributed by atoms with E-state index in [1.165, 1.54) is 0 Å². The van der Waals surface area contributed by atoms with E-state index >= 15 is 0 Å². The summed E-state index contributed by atoms with van der Waals surface area (Å²) in [6.07, 6.45) is 3.28. The van der Waals surface area contributed by atoms with E-state index in [1.807, 2.05) is 0 Å².